The highest BCUT2D eigenvalue weighted by Crippen LogP contribution is 2.05. The minimum absolute atomic E-state index is 0.202. The smallest absolute Gasteiger partial charge is 0.0831 e. The Hall–Kier alpha value is -0.160. The number of aliphatic hydroxyl groups excluding tert-OH is 1. The van der Waals surface area contributed by atoms with E-state index in [1.165, 1.54) is 0 Å². The fourth-order valence-corrected chi connectivity index (χ4v) is 1.55. The van der Waals surface area contributed by atoms with Gasteiger partial charge in [-0.15, -0.1) is 0 Å². The van der Waals surface area contributed by atoms with E-state index in [4.69, 9.17) is 0 Å². The number of likely N-dealkylation sites (N-methyl/N-ethyl adjacent to an activating group) is 2. The van der Waals surface area contributed by atoms with Crippen LogP contribution in [0.4, 0.5) is 0 Å². The van der Waals surface area contributed by atoms with Crippen LogP contribution in [0, 0.1) is 0 Å². The Bertz CT molecular complexity index is 131. The fraction of sp³-hybridized carbons (Fsp3) is 1.00. The molecule has 0 aromatic rings. The van der Waals surface area contributed by atoms with E-state index in [-0.39, 0.29) is 6.10 Å². The van der Waals surface area contributed by atoms with Gasteiger partial charge in [0.25, 0.3) is 0 Å². The summed E-state index contributed by atoms with van der Waals surface area (Å²) in [7, 11) is 4.00. The molecule has 0 spiro atoms. The van der Waals surface area contributed by atoms with Gasteiger partial charge in [-0.05, 0) is 14.1 Å². The molecule has 1 aliphatic heterocycles. The largest absolute Gasteiger partial charge is 0.390 e. The third-order valence-electron chi connectivity index (χ3n) is 2.43. The van der Waals surface area contributed by atoms with Crippen LogP contribution >= 0.6 is 0 Å². The topological polar surface area (TPSA) is 47.5 Å². The molecule has 0 bridgehead atoms. The van der Waals surface area contributed by atoms with E-state index < -0.39 is 0 Å². The number of hydrogen-bond donors (Lipinski definition) is 3. The molecule has 1 rings (SSSR count). The summed E-state index contributed by atoms with van der Waals surface area (Å²) in [4.78, 5) is 2.20. The van der Waals surface area contributed by atoms with Gasteiger partial charge < -0.3 is 15.7 Å². The number of aliphatic hydroxyl groups is 1. The molecule has 0 aromatic carbocycles. The lowest BCUT2D eigenvalue weighted by Gasteiger charge is -2.25. The van der Waals surface area contributed by atoms with Crippen molar-refractivity contribution in [1.29, 1.82) is 0 Å². The predicted molar refractivity (Wildman–Crippen MR) is 49.2 cm³/mol. The Morgan fingerprint density at radius 3 is 2.83 bits per heavy atom. The van der Waals surface area contributed by atoms with Crippen LogP contribution in [0.5, 0.6) is 0 Å². The van der Waals surface area contributed by atoms with Crippen molar-refractivity contribution in [3.8, 4) is 0 Å². The van der Waals surface area contributed by atoms with Gasteiger partial charge in [-0.25, -0.2) is 0 Å². The van der Waals surface area contributed by atoms with Crippen molar-refractivity contribution in [3.63, 3.8) is 0 Å². The van der Waals surface area contributed by atoms with Gasteiger partial charge in [0.1, 0.15) is 0 Å². The zero-order valence-corrected chi connectivity index (χ0v) is 7.88. The molecule has 3 N–H and O–H groups in total. The van der Waals surface area contributed by atoms with Crippen LogP contribution in [0.2, 0.25) is 0 Å². The molecular weight excluding hydrogens is 154 g/mol. The van der Waals surface area contributed by atoms with Gasteiger partial charge >= 0.3 is 0 Å². The van der Waals surface area contributed by atoms with Crippen LogP contribution in [0.15, 0.2) is 0 Å². The van der Waals surface area contributed by atoms with E-state index in [0.29, 0.717) is 6.04 Å². The average molecular weight is 173 g/mol. The van der Waals surface area contributed by atoms with Crippen molar-refractivity contribution in [1.82, 2.24) is 15.5 Å². The first kappa shape index (κ1) is 9.92. The van der Waals surface area contributed by atoms with Crippen molar-refractivity contribution < 1.29 is 5.11 Å². The summed E-state index contributed by atoms with van der Waals surface area (Å²) in [6.45, 7) is 3.59. The summed E-state index contributed by atoms with van der Waals surface area (Å²) < 4.78 is 0. The number of β-amino-alcohol motifs (C(OH)–C–C–N with tert-alkyl or cyclic N) is 1. The highest BCUT2D eigenvalue weighted by atomic mass is 16.3. The molecule has 1 saturated heterocycles. The van der Waals surface area contributed by atoms with Gasteiger partial charge in [0, 0.05) is 32.2 Å². The molecule has 12 heavy (non-hydrogen) atoms. The quantitative estimate of drug-likeness (QED) is 0.483. The average Bonchev–Trinajstić information content (AvgIpc) is 2.47. The Morgan fingerprint density at radius 1 is 1.58 bits per heavy atom. The zero-order chi connectivity index (χ0) is 8.97. The highest BCUT2D eigenvalue weighted by molar-refractivity contribution is 4.87. The van der Waals surface area contributed by atoms with Crippen LogP contribution in [-0.2, 0) is 0 Å². The molecule has 0 aromatic heterocycles. The lowest BCUT2D eigenvalue weighted by Crippen LogP contribution is -2.43. The van der Waals surface area contributed by atoms with E-state index in [2.05, 4.69) is 22.6 Å². The minimum atomic E-state index is -0.202. The maximum Gasteiger partial charge on any atom is 0.0831 e. The van der Waals surface area contributed by atoms with E-state index in [0.717, 1.165) is 26.2 Å². The van der Waals surface area contributed by atoms with Gasteiger partial charge in [-0.1, -0.05) is 0 Å². The van der Waals surface area contributed by atoms with E-state index in [1.807, 2.05) is 7.05 Å². The lowest BCUT2D eigenvalue weighted by molar-refractivity contribution is 0.100. The third-order valence-corrected chi connectivity index (χ3v) is 2.43. The molecular formula is C8H19N3O. The second kappa shape index (κ2) is 4.77. The standard InChI is InChI=1S/C8H19N3O/c1-9-3-4-11(2)7-5-10-6-8(7)12/h7-10,12H,3-6H2,1-2H3/t7-,8-/m1/s1. The molecule has 1 fully saturated rings. The number of nitrogens with zero attached hydrogens (tertiary/aromatic N) is 1. The first-order valence-corrected chi connectivity index (χ1v) is 4.49. The molecule has 0 amide bonds. The lowest BCUT2D eigenvalue weighted by atomic mass is 10.2. The number of nitrogens with one attached hydrogen (secondary N) is 2. The van der Waals surface area contributed by atoms with Crippen LogP contribution in [0.25, 0.3) is 0 Å². The van der Waals surface area contributed by atoms with Crippen LogP contribution in [0.3, 0.4) is 0 Å². The maximum atomic E-state index is 9.53. The molecule has 0 aliphatic carbocycles. The molecule has 1 heterocycles. The molecule has 0 saturated carbocycles. The Kier molecular flexibility index (Phi) is 3.94. The third kappa shape index (κ3) is 2.42. The Balaban J connectivity index is 2.25. The van der Waals surface area contributed by atoms with Crippen LogP contribution in [0.1, 0.15) is 0 Å². The summed E-state index contributed by atoms with van der Waals surface area (Å²) in [5.74, 6) is 0. The van der Waals surface area contributed by atoms with E-state index >= 15 is 0 Å². The second-order valence-corrected chi connectivity index (χ2v) is 3.38. The summed E-state index contributed by atoms with van der Waals surface area (Å²) in [6.07, 6.45) is -0.202. The van der Waals surface area contributed by atoms with Crippen molar-refractivity contribution in [2.75, 3.05) is 40.3 Å². The first-order chi connectivity index (χ1) is 5.75. The highest BCUT2D eigenvalue weighted by Gasteiger charge is 2.27. The van der Waals surface area contributed by atoms with E-state index in [9.17, 15) is 5.11 Å². The number of hydrogen-bond acceptors (Lipinski definition) is 4. The molecule has 0 radical (unpaired) electrons. The molecule has 1 aliphatic rings. The summed E-state index contributed by atoms with van der Waals surface area (Å²) in [5.41, 5.74) is 0. The maximum absolute atomic E-state index is 9.53. The van der Waals surface area contributed by atoms with Gasteiger partial charge in [0.15, 0.2) is 0 Å². The molecule has 4 nitrogen and oxygen atoms in total. The summed E-state index contributed by atoms with van der Waals surface area (Å²) >= 11 is 0. The zero-order valence-electron chi connectivity index (χ0n) is 7.88. The second-order valence-electron chi connectivity index (χ2n) is 3.38. The van der Waals surface area contributed by atoms with Gasteiger partial charge in [0.2, 0.25) is 0 Å². The molecule has 0 unspecified atom stereocenters. The van der Waals surface area contributed by atoms with Crippen LogP contribution < -0.4 is 10.6 Å². The summed E-state index contributed by atoms with van der Waals surface area (Å²) in [6, 6.07) is 0.290. The SMILES string of the molecule is CNCCN(C)[C@@H]1CNC[C@H]1O. The number of rotatable bonds is 4. The normalized spacial score (nSPS) is 30.0. The van der Waals surface area contributed by atoms with Crippen molar-refractivity contribution in [2.24, 2.45) is 0 Å². The minimum Gasteiger partial charge on any atom is -0.390 e. The monoisotopic (exact) mass is 173 g/mol. The fourth-order valence-electron chi connectivity index (χ4n) is 1.55. The predicted octanol–water partition coefficient (Wildman–Crippen LogP) is -1.53. The Labute approximate surface area is 73.9 Å². The first-order valence-electron chi connectivity index (χ1n) is 4.49. The molecule has 4 heteroatoms. The summed E-state index contributed by atoms with van der Waals surface area (Å²) in [5, 5.41) is 15.8. The molecule has 72 valence electrons. The Morgan fingerprint density at radius 2 is 2.33 bits per heavy atom. The van der Waals surface area contributed by atoms with Gasteiger partial charge in [-0.2, -0.15) is 0 Å². The van der Waals surface area contributed by atoms with Crippen molar-refractivity contribution in [3.05, 3.63) is 0 Å². The van der Waals surface area contributed by atoms with Crippen LogP contribution in [-0.4, -0.2) is 62.4 Å². The van der Waals surface area contributed by atoms with Crippen molar-refractivity contribution in [2.45, 2.75) is 12.1 Å². The van der Waals surface area contributed by atoms with Gasteiger partial charge in [0.05, 0.1) is 6.10 Å². The van der Waals surface area contributed by atoms with Crippen molar-refractivity contribution >= 4 is 0 Å². The van der Waals surface area contributed by atoms with E-state index in [1.54, 1.807) is 0 Å². The molecule has 2 atom stereocenters. The van der Waals surface area contributed by atoms with Gasteiger partial charge in [-0.3, -0.25) is 4.90 Å².